The van der Waals surface area contributed by atoms with E-state index in [1.165, 1.54) is 43.2 Å². The van der Waals surface area contributed by atoms with Crippen LogP contribution in [0.2, 0.25) is 5.02 Å². The second kappa shape index (κ2) is 4.13. The van der Waals surface area contributed by atoms with E-state index in [0.29, 0.717) is 17.0 Å². The smallest absolute Gasteiger partial charge is 0.134 e. The average molecular weight is 278 g/mol. The highest BCUT2D eigenvalue weighted by Crippen LogP contribution is 2.56. The van der Waals surface area contributed by atoms with Crippen LogP contribution in [0.3, 0.4) is 0 Å². The van der Waals surface area contributed by atoms with Gasteiger partial charge in [0.25, 0.3) is 0 Å². The van der Waals surface area contributed by atoms with Crippen LogP contribution in [-0.4, -0.2) is 17.7 Å². The summed E-state index contributed by atoms with van der Waals surface area (Å²) >= 11 is 6.50. The molecule has 1 aromatic rings. The summed E-state index contributed by atoms with van der Waals surface area (Å²) in [5.74, 6) is 0.970. The van der Waals surface area contributed by atoms with Gasteiger partial charge >= 0.3 is 0 Å². The second-order valence-electron chi connectivity index (χ2n) is 6.46. The molecule has 0 spiro atoms. The predicted octanol–water partition coefficient (Wildman–Crippen LogP) is 3.39. The van der Waals surface area contributed by atoms with Crippen molar-refractivity contribution in [1.82, 2.24) is 5.32 Å². The summed E-state index contributed by atoms with van der Waals surface area (Å²) in [4.78, 5) is 0. The molecule has 2 fully saturated rings. The maximum atomic E-state index is 10.0. The van der Waals surface area contributed by atoms with Crippen LogP contribution in [0.1, 0.15) is 43.2 Å². The third kappa shape index (κ3) is 1.53. The third-order valence-electron chi connectivity index (χ3n) is 5.71. The van der Waals surface area contributed by atoms with E-state index >= 15 is 0 Å². The first-order valence-corrected chi connectivity index (χ1v) is 7.84. The van der Waals surface area contributed by atoms with Crippen LogP contribution in [0.15, 0.2) is 12.1 Å². The van der Waals surface area contributed by atoms with Crippen molar-refractivity contribution in [3.8, 4) is 5.75 Å². The molecule has 4 rings (SSSR count). The van der Waals surface area contributed by atoms with Gasteiger partial charge in [0, 0.05) is 11.5 Å². The van der Waals surface area contributed by atoms with Crippen molar-refractivity contribution in [1.29, 1.82) is 0 Å². The molecule has 1 saturated heterocycles. The lowest BCUT2D eigenvalue weighted by molar-refractivity contribution is 0.0796. The van der Waals surface area contributed by atoms with Crippen LogP contribution in [0.25, 0.3) is 0 Å². The minimum absolute atomic E-state index is 0.234. The zero-order valence-electron chi connectivity index (χ0n) is 11.1. The molecule has 2 bridgehead atoms. The fourth-order valence-electron chi connectivity index (χ4n) is 4.99. The summed E-state index contributed by atoms with van der Waals surface area (Å²) in [7, 11) is 0. The molecule has 19 heavy (non-hydrogen) atoms. The quantitative estimate of drug-likeness (QED) is 0.762. The number of benzene rings is 1. The lowest BCUT2D eigenvalue weighted by Crippen LogP contribution is -2.59. The normalized spacial score (nSPS) is 36.5. The largest absolute Gasteiger partial charge is 0.506 e. The number of piperidine rings is 1. The highest BCUT2D eigenvalue weighted by molar-refractivity contribution is 6.33. The molecule has 102 valence electrons. The molecular weight excluding hydrogens is 258 g/mol. The van der Waals surface area contributed by atoms with Crippen molar-refractivity contribution >= 4 is 11.6 Å². The molecule has 1 saturated carbocycles. The van der Waals surface area contributed by atoms with Gasteiger partial charge in [-0.05, 0) is 55.3 Å². The Morgan fingerprint density at radius 2 is 2.16 bits per heavy atom. The Kier molecular flexibility index (Phi) is 2.62. The summed E-state index contributed by atoms with van der Waals surface area (Å²) in [6, 6.07) is 4.46. The summed E-state index contributed by atoms with van der Waals surface area (Å²) in [5, 5.41) is 14.4. The van der Waals surface area contributed by atoms with E-state index in [-0.39, 0.29) is 11.2 Å². The first-order valence-electron chi connectivity index (χ1n) is 7.46. The van der Waals surface area contributed by atoms with E-state index in [1.807, 2.05) is 0 Å². The number of nitrogens with one attached hydrogen (secondary N) is 1. The van der Waals surface area contributed by atoms with Gasteiger partial charge in [-0.1, -0.05) is 30.5 Å². The van der Waals surface area contributed by atoms with Crippen molar-refractivity contribution < 1.29 is 5.11 Å². The highest BCUT2D eigenvalue weighted by atomic mass is 35.5. The first-order chi connectivity index (χ1) is 9.22. The van der Waals surface area contributed by atoms with Gasteiger partial charge in [-0.2, -0.15) is 0 Å². The van der Waals surface area contributed by atoms with Gasteiger partial charge in [-0.25, -0.2) is 0 Å². The van der Waals surface area contributed by atoms with Crippen LogP contribution in [0, 0.1) is 5.92 Å². The van der Waals surface area contributed by atoms with E-state index in [4.69, 9.17) is 11.6 Å². The molecule has 1 aromatic carbocycles. The zero-order valence-corrected chi connectivity index (χ0v) is 11.8. The van der Waals surface area contributed by atoms with E-state index < -0.39 is 0 Å². The molecule has 2 aliphatic carbocycles. The topological polar surface area (TPSA) is 32.3 Å². The van der Waals surface area contributed by atoms with Crippen LogP contribution in [0.5, 0.6) is 5.75 Å². The molecule has 0 amide bonds. The molecule has 0 radical (unpaired) electrons. The molecule has 3 aliphatic rings. The minimum atomic E-state index is 0.234. The number of phenolic OH excluding ortho intramolecular Hbond substituents is 1. The van der Waals surface area contributed by atoms with E-state index in [9.17, 15) is 5.11 Å². The van der Waals surface area contributed by atoms with Gasteiger partial charge in [-0.15, -0.1) is 0 Å². The van der Waals surface area contributed by atoms with Gasteiger partial charge in [0.1, 0.15) is 5.75 Å². The maximum Gasteiger partial charge on any atom is 0.134 e. The van der Waals surface area contributed by atoms with Crippen molar-refractivity contribution in [2.24, 2.45) is 5.92 Å². The van der Waals surface area contributed by atoms with E-state index in [1.54, 1.807) is 6.07 Å². The van der Waals surface area contributed by atoms with Gasteiger partial charge < -0.3 is 10.4 Å². The summed E-state index contributed by atoms with van der Waals surface area (Å²) in [5.41, 5.74) is 2.88. The molecule has 2 nitrogen and oxygen atoms in total. The van der Waals surface area contributed by atoms with Crippen LogP contribution < -0.4 is 5.32 Å². The third-order valence-corrected chi connectivity index (χ3v) is 6.09. The number of rotatable bonds is 0. The Bertz CT molecular complexity index is 526. The Balaban J connectivity index is 1.96. The summed E-state index contributed by atoms with van der Waals surface area (Å²) in [6.07, 6.45) is 7.44. The predicted molar refractivity (Wildman–Crippen MR) is 76.9 cm³/mol. The number of aromatic hydroxyl groups is 1. The molecular formula is C16H20ClNO. The lowest BCUT2D eigenvalue weighted by atomic mass is 9.53. The molecule has 3 heteroatoms. The van der Waals surface area contributed by atoms with Gasteiger partial charge in [0.05, 0.1) is 5.02 Å². The van der Waals surface area contributed by atoms with Gasteiger partial charge in [-0.3, -0.25) is 0 Å². The number of phenols is 1. The van der Waals surface area contributed by atoms with Crippen molar-refractivity contribution in [3.05, 3.63) is 28.3 Å². The van der Waals surface area contributed by atoms with E-state index in [0.717, 1.165) is 13.0 Å². The number of fused-ring (bicyclic) bond motifs is 1. The molecule has 3 atom stereocenters. The Morgan fingerprint density at radius 3 is 3.05 bits per heavy atom. The Hall–Kier alpha value is -0.730. The average Bonchev–Trinajstić information content (AvgIpc) is 2.42. The van der Waals surface area contributed by atoms with Crippen LogP contribution in [0.4, 0.5) is 0 Å². The van der Waals surface area contributed by atoms with Crippen molar-refractivity contribution in [3.63, 3.8) is 0 Å². The molecule has 0 unspecified atom stereocenters. The Morgan fingerprint density at radius 1 is 1.26 bits per heavy atom. The van der Waals surface area contributed by atoms with Crippen molar-refractivity contribution in [2.75, 3.05) is 6.54 Å². The minimum Gasteiger partial charge on any atom is -0.506 e. The molecule has 0 aromatic heterocycles. The molecule has 2 N–H and O–H groups in total. The first kappa shape index (κ1) is 12.0. The SMILES string of the molecule is Oc1ccc2c(c1Cl)[C@@]13CCCC[C@H]1[C@@H](C2)NCC3. The van der Waals surface area contributed by atoms with Crippen LogP contribution >= 0.6 is 11.6 Å². The van der Waals surface area contributed by atoms with Crippen molar-refractivity contribution in [2.45, 2.75) is 50.0 Å². The molecule has 1 aliphatic heterocycles. The fraction of sp³-hybridized carbons (Fsp3) is 0.625. The van der Waals surface area contributed by atoms with E-state index in [2.05, 4.69) is 11.4 Å². The maximum absolute atomic E-state index is 10.0. The molecule has 1 heterocycles. The summed E-state index contributed by atoms with van der Waals surface area (Å²) in [6.45, 7) is 1.09. The lowest BCUT2D eigenvalue weighted by Gasteiger charge is -2.56. The monoisotopic (exact) mass is 277 g/mol. The second-order valence-corrected chi connectivity index (χ2v) is 6.83. The zero-order chi connectivity index (χ0) is 13.0. The number of halogens is 1. The number of hydrogen-bond acceptors (Lipinski definition) is 2. The van der Waals surface area contributed by atoms with Crippen LogP contribution in [-0.2, 0) is 11.8 Å². The highest BCUT2D eigenvalue weighted by Gasteiger charge is 2.52. The fourth-order valence-corrected chi connectivity index (χ4v) is 5.36. The number of hydrogen-bond donors (Lipinski definition) is 2. The summed E-state index contributed by atoms with van der Waals surface area (Å²) < 4.78 is 0. The standard InChI is InChI=1S/C16H20ClNO/c17-15-13(19)5-4-10-9-12-11-3-1-2-6-16(11,14(10)15)7-8-18-12/h4-5,11-12,18-19H,1-3,6-9H2/t11-,12+,16+/m0/s1. The van der Waals surface area contributed by atoms with Gasteiger partial charge in [0.15, 0.2) is 0 Å². The Labute approximate surface area is 119 Å². The van der Waals surface area contributed by atoms with Gasteiger partial charge in [0.2, 0.25) is 0 Å².